The zero-order valence-corrected chi connectivity index (χ0v) is 16.5. The van der Waals surface area contributed by atoms with Crippen molar-refractivity contribution in [3.8, 4) is 0 Å². The molecule has 0 aromatic heterocycles. The molecule has 0 aliphatic rings. The van der Waals surface area contributed by atoms with Gasteiger partial charge in [-0.2, -0.15) is 0 Å². The van der Waals surface area contributed by atoms with Crippen LogP contribution in [0.15, 0.2) is 0 Å². The molecule has 0 amide bonds. The molecule has 0 saturated carbocycles. The average molecular weight is 325 g/mol. The van der Waals surface area contributed by atoms with Crippen LogP contribution in [0.4, 0.5) is 0 Å². The maximum absolute atomic E-state index is 10.6. The van der Waals surface area contributed by atoms with Crippen LogP contribution in [0.25, 0.3) is 0 Å². The third kappa shape index (κ3) is 5.41. The van der Waals surface area contributed by atoms with Crippen molar-refractivity contribution < 1.29 is 17.8 Å². The fourth-order valence-electron chi connectivity index (χ4n) is 2.04. The minimum absolute atomic E-state index is 0.680. The normalized spacial score (nSPS) is 13.9. The Hall–Kier alpha value is 0.491. The molecule has 19 heavy (non-hydrogen) atoms. The van der Waals surface area contributed by atoms with E-state index in [4.69, 9.17) is 8.23 Å². The summed E-state index contributed by atoms with van der Waals surface area (Å²) in [4.78, 5) is 21.1. The van der Waals surface area contributed by atoms with Crippen LogP contribution in [0.3, 0.4) is 0 Å². The van der Waals surface area contributed by atoms with Crippen molar-refractivity contribution in [2.24, 2.45) is 0 Å². The molecular weight excluding hydrogens is 292 g/mol. The van der Waals surface area contributed by atoms with Crippen molar-refractivity contribution >= 4 is 25.7 Å². The predicted octanol–water partition coefficient (Wildman–Crippen LogP) is 3.45. The lowest BCUT2D eigenvalue weighted by Crippen LogP contribution is -2.58. The largest absolute Gasteiger partial charge is 0.415 e. The van der Waals surface area contributed by atoms with E-state index in [1.165, 1.54) is 0 Å². The van der Waals surface area contributed by atoms with E-state index in [0.29, 0.717) is 24.2 Å². The second-order valence-electron chi connectivity index (χ2n) is 5.13. The molecule has 0 aliphatic carbocycles. The Morgan fingerprint density at radius 1 is 0.579 bits per heavy atom. The Morgan fingerprint density at radius 3 is 1.00 bits per heavy atom. The van der Waals surface area contributed by atoms with Crippen molar-refractivity contribution in [1.82, 2.24) is 0 Å². The van der Waals surface area contributed by atoms with Crippen molar-refractivity contribution in [1.29, 1.82) is 0 Å². The van der Waals surface area contributed by atoms with Gasteiger partial charge in [-0.1, -0.05) is 41.5 Å². The monoisotopic (exact) mass is 324 g/mol. The molecule has 7 heteroatoms. The van der Waals surface area contributed by atoms with E-state index >= 15 is 0 Å². The van der Waals surface area contributed by atoms with Gasteiger partial charge in [-0.25, -0.2) is 0 Å². The van der Waals surface area contributed by atoms with Gasteiger partial charge in [0.1, 0.15) is 0 Å². The molecule has 4 nitrogen and oxygen atoms in total. The summed E-state index contributed by atoms with van der Waals surface area (Å²) in [6, 6.07) is 4.29. The Kier molecular flexibility index (Phi) is 8.27. The van der Waals surface area contributed by atoms with E-state index in [2.05, 4.69) is 13.8 Å². The minimum atomic E-state index is -2.65. The summed E-state index contributed by atoms with van der Waals surface area (Å²) in [5.41, 5.74) is 0. The maximum atomic E-state index is 10.6. The number of hydrogen-bond acceptors (Lipinski definition) is 4. The number of hydrogen-bond donors (Lipinski definition) is 2. The van der Waals surface area contributed by atoms with Crippen LogP contribution in [-0.2, 0) is 8.23 Å². The van der Waals surface area contributed by atoms with Gasteiger partial charge in [0.05, 0.1) is 0 Å². The molecule has 0 fully saturated rings. The third-order valence-electron chi connectivity index (χ3n) is 4.04. The van der Waals surface area contributed by atoms with Gasteiger partial charge in [0.15, 0.2) is 0 Å². The molecule has 0 saturated heterocycles. The van der Waals surface area contributed by atoms with E-state index < -0.39 is 25.7 Å². The molecule has 0 atom stereocenters. The van der Waals surface area contributed by atoms with Crippen LogP contribution in [0.2, 0.25) is 36.3 Å². The molecular formula is C12H32O4Si3. The van der Waals surface area contributed by atoms with Gasteiger partial charge in [0.25, 0.3) is 0 Å². The Labute approximate surface area is 121 Å². The molecule has 2 N–H and O–H groups in total. The lowest BCUT2D eigenvalue weighted by molar-refractivity contribution is 0.269. The first kappa shape index (κ1) is 19.5. The standard InChI is InChI=1S/C12H32O4Si3/c1-7-17(13,8-2)15-19(11-5,12-6)16-18(14,9-3)10-4/h13-14H,7-12H2,1-6H3. The first-order valence-electron chi connectivity index (χ1n) is 7.63. The van der Waals surface area contributed by atoms with Crippen molar-refractivity contribution in [2.45, 2.75) is 77.8 Å². The maximum Gasteiger partial charge on any atom is 0.326 e. The highest BCUT2D eigenvalue weighted by atomic mass is 28.5. The molecule has 0 aromatic rings. The minimum Gasteiger partial charge on any atom is -0.415 e. The molecule has 0 radical (unpaired) electrons. The van der Waals surface area contributed by atoms with Crippen LogP contribution in [0.5, 0.6) is 0 Å². The summed E-state index contributed by atoms with van der Waals surface area (Å²) in [5, 5.41) is 0. The lowest BCUT2D eigenvalue weighted by Gasteiger charge is -2.41. The van der Waals surface area contributed by atoms with Gasteiger partial charge in [0, 0.05) is 0 Å². The first-order chi connectivity index (χ1) is 8.78. The highest BCUT2D eigenvalue weighted by Crippen LogP contribution is 2.30. The second kappa shape index (κ2) is 8.06. The smallest absolute Gasteiger partial charge is 0.326 e. The van der Waals surface area contributed by atoms with Gasteiger partial charge in [0.2, 0.25) is 0 Å². The lowest BCUT2D eigenvalue weighted by atomic mass is 10.9. The van der Waals surface area contributed by atoms with E-state index in [-0.39, 0.29) is 0 Å². The summed E-state index contributed by atoms with van der Waals surface area (Å²) in [5.74, 6) is 0. The highest BCUT2D eigenvalue weighted by Gasteiger charge is 2.48. The van der Waals surface area contributed by atoms with Crippen molar-refractivity contribution in [3.05, 3.63) is 0 Å². The van der Waals surface area contributed by atoms with Crippen LogP contribution in [0, 0.1) is 0 Å². The van der Waals surface area contributed by atoms with Gasteiger partial charge >= 0.3 is 25.7 Å². The van der Waals surface area contributed by atoms with Crippen LogP contribution in [-0.4, -0.2) is 35.3 Å². The molecule has 0 rings (SSSR count). The fraction of sp³-hybridized carbons (Fsp3) is 1.00. The van der Waals surface area contributed by atoms with Gasteiger partial charge in [-0.15, -0.1) is 0 Å². The molecule has 0 unspecified atom stereocenters. The van der Waals surface area contributed by atoms with Crippen LogP contribution >= 0.6 is 0 Å². The average Bonchev–Trinajstić information content (AvgIpc) is 2.46. The Balaban J connectivity index is 5.15. The Morgan fingerprint density at radius 2 is 0.842 bits per heavy atom. The topological polar surface area (TPSA) is 58.9 Å². The quantitative estimate of drug-likeness (QED) is 0.604. The SMILES string of the molecule is CC[Si](O)(CC)O[Si](CC)(CC)O[Si](O)(CC)CC. The van der Waals surface area contributed by atoms with E-state index in [1.807, 2.05) is 27.7 Å². The van der Waals surface area contributed by atoms with E-state index in [0.717, 1.165) is 12.1 Å². The van der Waals surface area contributed by atoms with E-state index in [1.54, 1.807) is 0 Å². The molecule has 0 aliphatic heterocycles. The highest BCUT2D eigenvalue weighted by molar-refractivity contribution is 6.86. The van der Waals surface area contributed by atoms with Gasteiger partial charge in [-0.3, -0.25) is 0 Å². The molecule has 0 aromatic carbocycles. The number of rotatable bonds is 10. The predicted molar refractivity (Wildman–Crippen MR) is 86.8 cm³/mol. The molecule has 0 heterocycles. The first-order valence-corrected chi connectivity index (χ1v) is 14.4. The summed E-state index contributed by atoms with van der Waals surface area (Å²) < 4.78 is 12.4. The van der Waals surface area contributed by atoms with Gasteiger partial charge < -0.3 is 17.8 Å². The third-order valence-corrected chi connectivity index (χ3v) is 16.6. The molecule has 116 valence electrons. The Bertz CT molecular complexity index is 229. The fourth-order valence-corrected chi connectivity index (χ4v) is 14.2. The van der Waals surface area contributed by atoms with Crippen molar-refractivity contribution in [3.63, 3.8) is 0 Å². The molecule has 0 spiro atoms. The zero-order valence-electron chi connectivity index (χ0n) is 13.5. The van der Waals surface area contributed by atoms with Crippen LogP contribution < -0.4 is 0 Å². The van der Waals surface area contributed by atoms with Gasteiger partial charge in [-0.05, 0) is 36.3 Å². The van der Waals surface area contributed by atoms with E-state index in [9.17, 15) is 9.59 Å². The van der Waals surface area contributed by atoms with Crippen molar-refractivity contribution in [2.75, 3.05) is 0 Å². The summed E-state index contributed by atoms with van der Waals surface area (Å²) in [7, 11) is -7.78. The summed E-state index contributed by atoms with van der Waals surface area (Å²) in [6.45, 7) is 12.0. The molecule has 0 bridgehead atoms. The zero-order chi connectivity index (χ0) is 15.2. The summed E-state index contributed by atoms with van der Waals surface area (Å²) in [6.07, 6.45) is 0. The summed E-state index contributed by atoms with van der Waals surface area (Å²) >= 11 is 0. The van der Waals surface area contributed by atoms with Crippen LogP contribution in [0.1, 0.15) is 41.5 Å². The second-order valence-corrected chi connectivity index (χ2v) is 16.6.